The van der Waals surface area contributed by atoms with Crippen LogP contribution in [-0.2, 0) is 6.54 Å². The van der Waals surface area contributed by atoms with E-state index in [1.165, 1.54) is 31.3 Å². The second-order valence-corrected chi connectivity index (χ2v) is 3.13. The van der Waals surface area contributed by atoms with Crippen LogP contribution in [0.1, 0.15) is 5.56 Å². The first kappa shape index (κ1) is 16.2. The zero-order valence-electron chi connectivity index (χ0n) is 10.3. The maximum atomic E-state index is 12.2. The van der Waals surface area contributed by atoms with Crippen molar-refractivity contribution in [3.8, 4) is 0 Å². The Bertz CT molecular complexity index is 402. The summed E-state index contributed by atoms with van der Waals surface area (Å²) in [7, 11) is 1.50. The van der Waals surface area contributed by atoms with Crippen molar-refractivity contribution < 1.29 is 8.78 Å². The Balaban J connectivity index is 0.000000289. The second-order valence-electron chi connectivity index (χ2n) is 3.13. The molecule has 4 N–H and O–H groups in total. The minimum Gasteiger partial charge on any atom is -0.333 e. The SMILES string of the molecule is CN.Fc1ccccc1.NCc1ccc(F)cc1. The van der Waals surface area contributed by atoms with Crippen LogP contribution in [0.25, 0.3) is 0 Å². The van der Waals surface area contributed by atoms with Crippen LogP contribution in [0.4, 0.5) is 8.78 Å². The van der Waals surface area contributed by atoms with Crippen molar-refractivity contribution in [1.82, 2.24) is 0 Å². The third-order valence-corrected chi connectivity index (χ3v) is 1.88. The van der Waals surface area contributed by atoms with E-state index in [0.29, 0.717) is 6.54 Å². The van der Waals surface area contributed by atoms with Gasteiger partial charge < -0.3 is 11.5 Å². The predicted molar refractivity (Wildman–Crippen MR) is 70.8 cm³/mol. The van der Waals surface area contributed by atoms with E-state index in [2.05, 4.69) is 5.73 Å². The van der Waals surface area contributed by atoms with Crippen molar-refractivity contribution >= 4 is 0 Å². The molecule has 2 rings (SSSR count). The van der Waals surface area contributed by atoms with Crippen molar-refractivity contribution in [3.63, 3.8) is 0 Å². The lowest BCUT2D eigenvalue weighted by atomic mass is 10.2. The van der Waals surface area contributed by atoms with Gasteiger partial charge in [-0.2, -0.15) is 0 Å². The highest BCUT2D eigenvalue weighted by Crippen LogP contribution is 2.00. The molecular formula is C14H18F2N2. The highest BCUT2D eigenvalue weighted by Gasteiger charge is 1.87. The van der Waals surface area contributed by atoms with Crippen LogP contribution in [0.5, 0.6) is 0 Å². The zero-order chi connectivity index (χ0) is 13.8. The highest BCUT2D eigenvalue weighted by atomic mass is 19.1. The Morgan fingerprint density at radius 3 is 1.56 bits per heavy atom. The van der Waals surface area contributed by atoms with Gasteiger partial charge in [-0.25, -0.2) is 8.78 Å². The second kappa shape index (κ2) is 10.4. The van der Waals surface area contributed by atoms with Crippen LogP contribution < -0.4 is 11.5 Å². The monoisotopic (exact) mass is 252 g/mol. The van der Waals surface area contributed by atoms with Crippen molar-refractivity contribution in [2.24, 2.45) is 11.5 Å². The van der Waals surface area contributed by atoms with Crippen molar-refractivity contribution in [2.75, 3.05) is 7.05 Å². The standard InChI is InChI=1S/C7H8FN.C6H5F.CH5N/c8-7-3-1-6(5-9)2-4-7;7-6-4-2-1-3-5-6;1-2/h1-4H,5,9H2;1-5H;2H2,1H3. The molecule has 0 aliphatic carbocycles. The number of halogens is 2. The Morgan fingerprint density at radius 1 is 0.778 bits per heavy atom. The van der Waals surface area contributed by atoms with Crippen LogP contribution in [0.15, 0.2) is 54.6 Å². The molecule has 18 heavy (non-hydrogen) atoms. The van der Waals surface area contributed by atoms with Gasteiger partial charge in [-0.15, -0.1) is 0 Å². The first-order valence-corrected chi connectivity index (χ1v) is 5.45. The molecule has 0 heterocycles. The Hall–Kier alpha value is -1.78. The van der Waals surface area contributed by atoms with Gasteiger partial charge in [-0.3, -0.25) is 0 Å². The quantitative estimate of drug-likeness (QED) is 0.819. The number of hydrogen-bond donors (Lipinski definition) is 2. The van der Waals surface area contributed by atoms with Gasteiger partial charge in [0, 0.05) is 6.54 Å². The summed E-state index contributed by atoms with van der Waals surface area (Å²) in [4.78, 5) is 0. The lowest BCUT2D eigenvalue weighted by molar-refractivity contribution is 0.627. The Kier molecular flexibility index (Phi) is 9.35. The fraction of sp³-hybridized carbons (Fsp3) is 0.143. The number of hydrogen-bond acceptors (Lipinski definition) is 2. The van der Waals surface area contributed by atoms with E-state index in [-0.39, 0.29) is 11.6 Å². The molecule has 0 unspecified atom stereocenters. The summed E-state index contributed by atoms with van der Waals surface area (Å²) in [5.74, 6) is -0.394. The lowest BCUT2D eigenvalue weighted by Crippen LogP contribution is -1.94. The first-order valence-electron chi connectivity index (χ1n) is 5.45. The van der Waals surface area contributed by atoms with Crippen molar-refractivity contribution in [3.05, 3.63) is 71.8 Å². The van der Waals surface area contributed by atoms with Crippen LogP contribution >= 0.6 is 0 Å². The molecule has 4 heteroatoms. The fourth-order valence-electron chi connectivity index (χ4n) is 1.04. The Labute approximate surface area is 106 Å². The molecule has 0 aliphatic rings. The molecule has 0 saturated heterocycles. The number of nitrogens with two attached hydrogens (primary N) is 2. The Morgan fingerprint density at radius 2 is 1.22 bits per heavy atom. The summed E-state index contributed by atoms with van der Waals surface area (Å²) < 4.78 is 24.1. The van der Waals surface area contributed by atoms with E-state index < -0.39 is 0 Å². The van der Waals surface area contributed by atoms with E-state index in [1.54, 1.807) is 30.3 Å². The third kappa shape index (κ3) is 7.49. The van der Waals surface area contributed by atoms with Crippen LogP contribution in [0, 0.1) is 11.6 Å². The first-order chi connectivity index (χ1) is 8.72. The third-order valence-electron chi connectivity index (χ3n) is 1.88. The summed E-state index contributed by atoms with van der Waals surface area (Å²) in [5.41, 5.74) is 10.7. The molecule has 2 aromatic carbocycles. The van der Waals surface area contributed by atoms with E-state index in [9.17, 15) is 8.78 Å². The largest absolute Gasteiger partial charge is 0.333 e. The average molecular weight is 252 g/mol. The molecule has 0 spiro atoms. The molecule has 2 nitrogen and oxygen atoms in total. The molecule has 2 aromatic rings. The number of benzene rings is 2. The molecule has 0 radical (unpaired) electrons. The molecular weight excluding hydrogens is 234 g/mol. The fourth-order valence-corrected chi connectivity index (χ4v) is 1.04. The molecule has 0 fully saturated rings. The summed E-state index contributed by atoms with van der Waals surface area (Å²) in [5, 5.41) is 0. The highest BCUT2D eigenvalue weighted by molar-refractivity contribution is 5.15. The van der Waals surface area contributed by atoms with Crippen LogP contribution in [0.3, 0.4) is 0 Å². The summed E-state index contributed by atoms with van der Waals surface area (Å²) >= 11 is 0. The minimum absolute atomic E-state index is 0.178. The maximum absolute atomic E-state index is 12.2. The topological polar surface area (TPSA) is 52.0 Å². The van der Waals surface area contributed by atoms with Crippen LogP contribution in [-0.4, -0.2) is 7.05 Å². The van der Waals surface area contributed by atoms with Crippen molar-refractivity contribution in [1.29, 1.82) is 0 Å². The van der Waals surface area contributed by atoms with Crippen LogP contribution in [0.2, 0.25) is 0 Å². The number of rotatable bonds is 1. The van der Waals surface area contributed by atoms with Gasteiger partial charge in [0.1, 0.15) is 11.6 Å². The van der Waals surface area contributed by atoms with Gasteiger partial charge in [0.15, 0.2) is 0 Å². The molecule has 0 bridgehead atoms. The smallest absolute Gasteiger partial charge is 0.123 e. The summed E-state index contributed by atoms with van der Waals surface area (Å²) in [6.07, 6.45) is 0. The van der Waals surface area contributed by atoms with E-state index in [1.807, 2.05) is 0 Å². The molecule has 0 aromatic heterocycles. The molecule has 0 aliphatic heterocycles. The molecule has 98 valence electrons. The normalized spacial score (nSPS) is 8.50. The molecule has 0 amide bonds. The van der Waals surface area contributed by atoms with Gasteiger partial charge >= 0.3 is 0 Å². The van der Waals surface area contributed by atoms with Gasteiger partial charge in [-0.05, 0) is 36.9 Å². The predicted octanol–water partition coefficient (Wildman–Crippen LogP) is 2.69. The zero-order valence-corrected chi connectivity index (χ0v) is 10.3. The van der Waals surface area contributed by atoms with Gasteiger partial charge in [0.05, 0.1) is 0 Å². The minimum atomic E-state index is -0.216. The van der Waals surface area contributed by atoms with Gasteiger partial charge in [0.25, 0.3) is 0 Å². The summed E-state index contributed by atoms with van der Waals surface area (Å²) in [6.45, 7) is 0.472. The lowest BCUT2D eigenvalue weighted by Gasteiger charge is -1.92. The van der Waals surface area contributed by atoms with E-state index in [4.69, 9.17) is 5.73 Å². The van der Waals surface area contributed by atoms with Gasteiger partial charge in [0.2, 0.25) is 0 Å². The molecule has 0 saturated carbocycles. The van der Waals surface area contributed by atoms with E-state index in [0.717, 1.165) is 5.56 Å². The maximum Gasteiger partial charge on any atom is 0.123 e. The average Bonchev–Trinajstić information content (AvgIpc) is 2.43. The summed E-state index contributed by atoms with van der Waals surface area (Å²) in [6, 6.07) is 14.1. The van der Waals surface area contributed by atoms with Gasteiger partial charge in [-0.1, -0.05) is 30.3 Å². The van der Waals surface area contributed by atoms with E-state index >= 15 is 0 Å². The van der Waals surface area contributed by atoms with Crippen molar-refractivity contribution in [2.45, 2.75) is 6.54 Å². The molecule has 0 atom stereocenters.